The third-order valence-electron chi connectivity index (χ3n) is 4.71. The van der Waals surface area contributed by atoms with Crippen LogP contribution in [0.1, 0.15) is 22.5 Å². The average Bonchev–Trinajstić information content (AvgIpc) is 3.01. The summed E-state index contributed by atoms with van der Waals surface area (Å²) in [5.74, 6) is 0. The highest BCUT2D eigenvalue weighted by Gasteiger charge is 2.23. The number of fused-ring (bicyclic) bond motifs is 1. The molecule has 7 heteroatoms. The standard InChI is InChI=1S/C18H18ClN5O/c1-12-4-2-3-5-13(12)9-24-11-20-14-10-23(7-6-15(14)24)16-8-21-22-18(25)17(16)19/h2-5,8,11H,6-7,9-10H2,1H3,(H,22,25). The van der Waals surface area contributed by atoms with Gasteiger partial charge in [0.25, 0.3) is 5.56 Å². The lowest BCUT2D eigenvalue weighted by atomic mass is 10.1. The normalized spacial score (nSPS) is 13.8. The van der Waals surface area contributed by atoms with Crippen molar-refractivity contribution in [2.45, 2.75) is 26.4 Å². The smallest absolute Gasteiger partial charge is 0.285 e. The molecule has 3 heterocycles. The number of nitrogens with one attached hydrogen (secondary N) is 1. The van der Waals surface area contributed by atoms with Crippen LogP contribution in [-0.2, 0) is 19.5 Å². The van der Waals surface area contributed by atoms with E-state index in [1.807, 2.05) is 6.33 Å². The first-order valence-corrected chi connectivity index (χ1v) is 8.57. The van der Waals surface area contributed by atoms with Crippen LogP contribution in [0.5, 0.6) is 0 Å². The summed E-state index contributed by atoms with van der Waals surface area (Å²) in [5, 5.41) is 6.39. The minimum Gasteiger partial charge on any atom is -0.362 e. The Morgan fingerprint density at radius 2 is 2.16 bits per heavy atom. The summed E-state index contributed by atoms with van der Waals surface area (Å²) in [7, 11) is 0. The SMILES string of the molecule is Cc1ccccc1Cn1cnc2c1CCN(c1cn[nH]c(=O)c1Cl)C2. The van der Waals surface area contributed by atoms with E-state index in [1.165, 1.54) is 16.8 Å². The molecule has 0 bridgehead atoms. The van der Waals surface area contributed by atoms with Crippen molar-refractivity contribution in [1.82, 2.24) is 19.7 Å². The van der Waals surface area contributed by atoms with E-state index < -0.39 is 0 Å². The van der Waals surface area contributed by atoms with Crippen LogP contribution < -0.4 is 10.5 Å². The van der Waals surface area contributed by atoms with Crippen LogP contribution in [0, 0.1) is 6.92 Å². The lowest BCUT2D eigenvalue weighted by Gasteiger charge is -2.29. The summed E-state index contributed by atoms with van der Waals surface area (Å²) in [6.07, 6.45) is 4.35. The van der Waals surface area contributed by atoms with Gasteiger partial charge >= 0.3 is 0 Å². The number of rotatable bonds is 3. The van der Waals surface area contributed by atoms with Crippen molar-refractivity contribution in [3.8, 4) is 0 Å². The van der Waals surface area contributed by atoms with Crippen molar-refractivity contribution in [1.29, 1.82) is 0 Å². The largest absolute Gasteiger partial charge is 0.362 e. The molecule has 0 saturated carbocycles. The highest BCUT2D eigenvalue weighted by molar-refractivity contribution is 6.32. The van der Waals surface area contributed by atoms with Crippen molar-refractivity contribution >= 4 is 17.3 Å². The number of benzene rings is 1. The molecule has 1 aliphatic rings. The van der Waals surface area contributed by atoms with Gasteiger partial charge in [0.15, 0.2) is 0 Å². The molecule has 0 fully saturated rings. The van der Waals surface area contributed by atoms with E-state index in [2.05, 4.69) is 55.8 Å². The predicted molar refractivity (Wildman–Crippen MR) is 97.1 cm³/mol. The molecule has 2 aromatic heterocycles. The van der Waals surface area contributed by atoms with Crippen LogP contribution >= 0.6 is 11.6 Å². The van der Waals surface area contributed by atoms with Crippen LogP contribution in [0.15, 0.2) is 41.6 Å². The summed E-state index contributed by atoms with van der Waals surface area (Å²) < 4.78 is 2.21. The number of halogens is 1. The van der Waals surface area contributed by atoms with Crippen molar-refractivity contribution in [2.75, 3.05) is 11.4 Å². The second-order valence-corrected chi connectivity index (χ2v) is 6.64. The number of H-pyrrole nitrogens is 1. The van der Waals surface area contributed by atoms with Gasteiger partial charge in [0.05, 0.1) is 30.5 Å². The molecule has 0 unspecified atom stereocenters. The first-order chi connectivity index (χ1) is 12.1. The van der Waals surface area contributed by atoms with Crippen LogP contribution in [0.3, 0.4) is 0 Å². The number of anilines is 1. The third-order valence-corrected chi connectivity index (χ3v) is 5.08. The first-order valence-electron chi connectivity index (χ1n) is 8.19. The van der Waals surface area contributed by atoms with Gasteiger partial charge in [-0.3, -0.25) is 4.79 Å². The lowest BCUT2D eigenvalue weighted by molar-refractivity contribution is 0.659. The Balaban J connectivity index is 1.60. The summed E-state index contributed by atoms with van der Waals surface area (Å²) >= 11 is 6.13. The fourth-order valence-electron chi connectivity index (χ4n) is 3.28. The van der Waals surface area contributed by atoms with Gasteiger partial charge in [-0.15, -0.1) is 0 Å². The van der Waals surface area contributed by atoms with Gasteiger partial charge < -0.3 is 9.47 Å². The fraction of sp³-hybridized carbons (Fsp3) is 0.278. The zero-order chi connectivity index (χ0) is 17.4. The zero-order valence-electron chi connectivity index (χ0n) is 13.9. The predicted octanol–water partition coefficient (Wildman–Crippen LogP) is 2.54. The Hall–Kier alpha value is -2.60. The molecule has 3 aromatic rings. The number of hydrogen-bond acceptors (Lipinski definition) is 4. The molecule has 25 heavy (non-hydrogen) atoms. The maximum atomic E-state index is 11.7. The molecule has 0 saturated heterocycles. The second kappa shape index (κ2) is 6.37. The maximum Gasteiger partial charge on any atom is 0.285 e. The average molecular weight is 356 g/mol. The summed E-state index contributed by atoms with van der Waals surface area (Å²) in [4.78, 5) is 18.3. The highest BCUT2D eigenvalue weighted by atomic mass is 35.5. The molecule has 128 valence electrons. The van der Waals surface area contributed by atoms with Crippen LogP contribution in [0.4, 0.5) is 5.69 Å². The fourth-order valence-corrected chi connectivity index (χ4v) is 3.49. The highest BCUT2D eigenvalue weighted by Crippen LogP contribution is 2.27. The third kappa shape index (κ3) is 2.93. The molecule has 1 aliphatic heterocycles. The van der Waals surface area contributed by atoms with Crippen molar-refractivity contribution < 1.29 is 0 Å². The molecule has 1 N–H and O–H groups in total. The quantitative estimate of drug-likeness (QED) is 0.784. The van der Waals surface area contributed by atoms with E-state index in [0.717, 1.165) is 25.2 Å². The van der Waals surface area contributed by atoms with E-state index >= 15 is 0 Å². The van der Waals surface area contributed by atoms with Crippen molar-refractivity contribution in [2.24, 2.45) is 0 Å². The van der Waals surface area contributed by atoms with Crippen molar-refractivity contribution in [3.05, 3.63) is 74.7 Å². The Morgan fingerprint density at radius 1 is 1.32 bits per heavy atom. The molecule has 0 amide bonds. The minimum absolute atomic E-state index is 0.179. The summed E-state index contributed by atoms with van der Waals surface area (Å²) in [5.41, 5.74) is 5.14. The van der Waals surface area contributed by atoms with Gasteiger partial charge in [-0.2, -0.15) is 5.10 Å². The van der Waals surface area contributed by atoms with Gasteiger partial charge in [-0.1, -0.05) is 35.9 Å². The summed E-state index contributed by atoms with van der Waals surface area (Å²) in [6.45, 7) is 4.35. The summed E-state index contributed by atoms with van der Waals surface area (Å²) in [6, 6.07) is 8.40. The maximum absolute atomic E-state index is 11.7. The van der Waals surface area contributed by atoms with Crippen LogP contribution in [0.2, 0.25) is 5.02 Å². The molecule has 1 aromatic carbocycles. The van der Waals surface area contributed by atoms with E-state index in [4.69, 9.17) is 11.6 Å². The van der Waals surface area contributed by atoms with E-state index in [0.29, 0.717) is 12.2 Å². The number of nitrogens with zero attached hydrogens (tertiary/aromatic N) is 4. The number of imidazole rings is 1. The van der Waals surface area contributed by atoms with E-state index in [1.54, 1.807) is 6.20 Å². The zero-order valence-corrected chi connectivity index (χ0v) is 14.6. The van der Waals surface area contributed by atoms with Gasteiger partial charge in [-0.05, 0) is 18.1 Å². The first kappa shape index (κ1) is 15.9. The molecule has 6 nitrogen and oxygen atoms in total. The van der Waals surface area contributed by atoms with Gasteiger partial charge in [-0.25, -0.2) is 10.1 Å². The molecular weight excluding hydrogens is 338 g/mol. The molecule has 0 atom stereocenters. The lowest BCUT2D eigenvalue weighted by Crippen LogP contribution is -2.32. The Morgan fingerprint density at radius 3 is 3.00 bits per heavy atom. The Labute approximate surface area is 150 Å². The van der Waals surface area contributed by atoms with Gasteiger partial charge in [0, 0.05) is 25.2 Å². The molecular formula is C18H18ClN5O. The Bertz CT molecular complexity index is 978. The monoisotopic (exact) mass is 355 g/mol. The van der Waals surface area contributed by atoms with Crippen LogP contribution in [-0.4, -0.2) is 26.3 Å². The van der Waals surface area contributed by atoms with Crippen LogP contribution in [0.25, 0.3) is 0 Å². The molecule has 0 spiro atoms. The van der Waals surface area contributed by atoms with Gasteiger partial charge in [0.1, 0.15) is 5.02 Å². The number of aryl methyl sites for hydroxylation is 1. The van der Waals surface area contributed by atoms with E-state index in [-0.39, 0.29) is 10.6 Å². The van der Waals surface area contributed by atoms with Crippen molar-refractivity contribution in [3.63, 3.8) is 0 Å². The Kier molecular flexibility index (Phi) is 4.05. The number of aromatic amines is 1. The van der Waals surface area contributed by atoms with Gasteiger partial charge in [0.2, 0.25) is 0 Å². The molecule has 4 rings (SSSR count). The number of hydrogen-bond donors (Lipinski definition) is 1. The minimum atomic E-state index is -0.366. The topological polar surface area (TPSA) is 66.8 Å². The van der Waals surface area contributed by atoms with E-state index in [9.17, 15) is 4.79 Å². The molecule has 0 radical (unpaired) electrons. The second-order valence-electron chi connectivity index (χ2n) is 6.26. The number of aromatic nitrogens is 4. The molecule has 0 aliphatic carbocycles.